The summed E-state index contributed by atoms with van der Waals surface area (Å²) in [7, 11) is 1.36. The first-order valence-corrected chi connectivity index (χ1v) is 7.56. The van der Waals surface area contributed by atoms with Crippen LogP contribution in [0.25, 0.3) is 0 Å². The number of esters is 1. The Morgan fingerprint density at radius 2 is 1.90 bits per heavy atom. The van der Waals surface area contributed by atoms with Gasteiger partial charge >= 0.3 is 5.97 Å². The fourth-order valence-electron chi connectivity index (χ4n) is 2.71. The van der Waals surface area contributed by atoms with Gasteiger partial charge in [-0.05, 0) is 24.7 Å². The number of ether oxygens (including phenoxy) is 1. The number of nitrogens with one attached hydrogen (secondary N) is 2. The van der Waals surface area contributed by atoms with Crippen LogP contribution in [-0.2, 0) is 14.3 Å². The maximum absolute atomic E-state index is 12.0. The molecule has 1 saturated carbocycles. The van der Waals surface area contributed by atoms with Crippen molar-refractivity contribution in [1.29, 1.82) is 0 Å². The lowest BCUT2D eigenvalue weighted by Crippen LogP contribution is -2.49. The second kappa shape index (κ2) is 8.25. The molecule has 1 amide bonds. The Morgan fingerprint density at radius 3 is 2.45 bits per heavy atom. The predicted molar refractivity (Wildman–Crippen MR) is 78.2 cm³/mol. The van der Waals surface area contributed by atoms with Crippen LogP contribution in [0, 0.1) is 11.8 Å². The maximum atomic E-state index is 12.0. The van der Waals surface area contributed by atoms with E-state index < -0.39 is 6.04 Å². The molecule has 2 N–H and O–H groups in total. The van der Waals surface area contributed by atoms with Crippen LogP contribution >= 0.6 is 0 Å². The summed E-state index contributed by atoms with van der Waals surface area (Å²) in [4.78, 5) is 23.6. The van der Waals surface area contributed by atoms with Gasteiger partial charge in [0.2, 0.25) is 5.91 Å². The van der Waals surface area contributed by atoms with Crippen molar-refractivity contribution in [2.24, 2.45) is 11.8 Å². The molecule has 0 aromatic carbocycles. The van der Waals surface area contributed by atoms with Crippen LogP contribution in [0.4, 0.5) is 0 Å². The van der Waals surface area contributed by atoms with E-state index in [1.54, 1.807) is 0 Å². The minimum Gasteiger partial charge on any atom is -0.468 e. The average molecular weight is 284 g/mol. The van der Waals surface area contributed by atoms with Gasteiger partial charge in [-0.2, -0.15) is 0 Å². The second-order valence-corrected chi connectivity index (χ2v) is 6.06. The van der Waals surface area contributed by atoms with Gasteiger partial charge < -0.3 is 10.1 Å². The quantitative estimate of drug-likeness (QED) is 0.725. The molecule has 0 aromatic heterocycles. The highest BCUT2D eigenvalue weighted by atomic mass is 16.5. The van der Waals surface area contributed by atoms with Crippen molar-refractivity contribution in [3.05, 3.63) is 0 Å². The number of hydrogen-bond donors (Lipinski definition) is 2. The van der Waals surface area contributed by atoms with E-state index in [-0.39, 0.29) is 30.4 Å². The normalized spacial score (nSPS) is 24.2. The first-order chi connectivity index (χ1) is 9.45. The Kier molecular flexibility index (Phi) is 6.99. The molecule has 0 radical (unpaired) electrons. The molecule has 116 valence electrons. The van der Waals surface area contributed by atoms with E-state index in [0.717, 1.165) is 6.42 Å². The van der Waals surface area contributed by atoms with Crippen LogP contribution in [-0.4, -0.2) is 37.6 Å². The van der Waals surface area contributed by atoms with E-state index in [9.17, 15) is 9.59 Å². The van der Waals surface area contributed by atoms with Crippen molar-refractivity contribution in [2.75, 3.05) is 13.7 Å². The fourth-order valence-corrected chi connectivity index (χ4v) is 2.71. The molecule has 0 aliphatic heterocycles. The Balaban J connectivity index is 2.39. The highest BCUT2D eigenvalue weighted by Gasteiger charge is 2.25. The lowest BCUT2D eigenvalue weighted by molar-refractivity contribution is -0.144. The highest BCUT2D eigenvalue weighted by molar-refractivity contribution is 5.80. The summed E-state index contributed by atoms with van der Waals surface area (Å²) >= 11 is 0. The number of hydrogen-bond acceptors (Lipinski definition) is 4. The molecule has 1 rings (SSSR count). The van der Waals surface area contributed by atoms with Crippen LogP contribution in [0.1, 0.15) is 46.5 Å². The maximum Gasteiger partial charge on any atom is 0.323 e. The molecule has 1 aliphatic carbocycles. The molecule has 1 aliphatic rings. The first kappa shape index (κ1) is 17.0. The number of methoxy groups -OCH3 is 1. The zero-order valence-corrected chi connectivity index (χ0v) is 13.1. The average Bonchev–Trinajstić information content (AvgIpc) is 2.41. The summed E-state index contributed by atoms with van der Waals surface area (Å²) in [5.41, 5.74) is 0. The molecule has 0 bridgehead atoms. The Bertz CT molecular complexity index is 331. The van der Waals surface area contributed by atoms with Crippen molar-refractivity contribution in [3.63, 3.8) is 0 Å². The second-order valence-electron chi connectivity index (χ2n) is 6.06. The predicted octanol–water partition coefficient (Wildman–Crippen LogP) is 1.47. The molecular formula is C15H28N2O3. The fraction of sp³-hybridized carbons (Fsp3) is 0.867. The van der Waals surface area contributed by atoms with Crippen molar-refractivity contribution in [2.45, 2.75) is 58.5 Å². The van der Waals surface area contributed by atoms with Crippen molar-refractivity contribution < 1.29 is 14.3 Å². The number of carbonyl (C=O) groups is 2. The van der Waals surface area contributed by atoms with Gasteiger partial charge in [-0.3, -0.25) is 14.9 Å². The minimum atomic E-state index is -0.436. The zero-order valence-electron chi connectivity index (χ0n) is 13.1. The van der Waals surface area contributed by atoms with Crippen molar-refractivity contribution in [1.82, 2.24) is 10.6 Å². The van der Waals surface area contributed by atoms with Gasteiger partial charge in [0.25, 0.3) is 0 Å². The largest absolute Gasteiger partial charge is 0.468 e. The summed E-state index contributed by atoms with van der Waals surface area (Å²) in [6, 6.07) is -0.164. The SMILES string of the molecule is COC(=O)C(NCC(=O)NC1CCCCC1C)C(C)C. The summed E-state index contributed by atoms with van der Waals surface area (Å²) in [6.45, 7) is 6.19. The Labute approximate surface area is 121 Å². The summed E-state index contributed by atoms with van der Waals surface area (Å²) in [6.07, 6.45) is 4.66. The lowest BCUT2D eigenvalue weighted by Gasteiger charge is -2.29. The molecule has 0 saturated heterocycles. The summed E-state index contributed by atoms with van der Waals surface area (Å²) in [5.74, 6) is 0.259. The van der Waals surface area contributed by atoms with E-state index >= 15 is 0 Å². The summed E-state index contributed by atoms with van der Waals surface area (Å²) in [5, 5.41) is 6.05. The van der Waals surface area contributed by atoms with Crippen LogP contribution in [0.15, 0.2) is 0 Å². The summed E-state index contributed by atoms with van der Waals surface area (Å²) < 4.78 is 4.74. The molecule has 1 fully saturated rings. The molecule has 0 spiro atoms. The van der Waals surface area contributed by atoms with Crippen LogP contribution in [0.3, 0.4) is 0 Å². The van der Waals surface area contributed by atoms with Gasteiger partial charge in [-0.1, -0.05) is 33.6 Å². The highest BCUT2D eigenvalue weighted by Crippen LogP contribution is 2.23. The van der Waals surface area contributed by atoms with Crippen LogP contribution in [0.2, 0.25) is 0 Å². The third-order valence-electron chi connectivity index (χ3n) is 4.06. The Hall–Kier alpha value is -1.10. The number of rotatable bonds is 6. The van der Waals surface area contributed by atoms with Gasteiger partial charge in [0.15, 0.2) is 0 Å². The Morgan fingerprint density at radius 1 is 1.25 bits per heavy atom. The van der Waals surface area contributed by atoms with Crippen LogP contribution in [0.5, 0.6) is 0 Å². The third-order valence-corrected chi connectivity index (χ3v) is 4.06. The molecule has 3 unspecified atom stereocenters. The van der Waals surface area contributed by atoms with E-state index in [4.69, 9.17) is 4.74 Å². The third kappa shape index (κ3) is 5.12. The first-order valence-electron chi connectivity index (χ1n) is 7.56. The van der Waals surface area contributed by atoms with Crippen LogP contribution < -0.4 is 10.6 Å². The molecular weight excluding hydrogens is 256 g/mol. The van der Waals surface area contributed by atoms with Gasteiger partial charge in [0.05, 0.1) is 13.7 Å². The van der Waals surface area contributed by atoms with Gasteiger partial charge in [0, 0.05) is 6.04 Å². The van der Waals surface area contributed by atoms with E-state index in [1.165, 1.54) is 26.4 Å². The smallest absolute Gasteiger partial charge is 0.323 e. The van der Waals surface area contributed by atoms with Gasteiger partial charge in [0.1, 0.15) is 6.04 Å². The minimum absolute atomic E-state index is 0.0432. The standard InChI is InChI=1S/C15H28N2O3/c1-10(2)14(15(19)20-4)16-9-13(18)17-12-8-6-5-7-11(12)3/h10-12,14,16H,5-9H2,1-4H3,(H,17,18). The monoisotopic (exact) mass is 284 g/mol. The molecule has 5 heteroatoms. The van der Waals surface area contributed by atoms with Gasteiger partial charge in [-0.25, -0.2) is 0 Å². The number of amides is 1. The number of carbonyl (C=O) groups excluding carboxylic acids is 2. The van der Waals surface area contributed by atoms with E-state index in [0.29, 0.717) is 5.92 Å². The molecule has 5 nitrogen and oxygen atoms in total. The van der Waals surface area contributed by atoms with E-state index in [2.05, 4.69) is 17.6 Å². The van der Waals surface area contributed by atoms with Crippen molar-refractivity contribution >= 4 is 11.9 Å². The van der Waals surface area contributed by atoms with Crippen molar-refractivity contribution in [3.8, 4) is 0 Å². The zero-order chi connectivity index (χ0) is 15.1. The topological polar surface area (TPSA) is 67.4 Å². The molecule has 0 heterocycles. The molecule has 0 aromatic rings. The van der Waals surface area contributed by atoms with E-state index in [1.807, 2.05) is 13.8 Å². The lowest BCUT2D eigenvalue weighted by atomic mass is 9.86. The van der Waals surface area contributed by atoms with Gasteiger partial charge in [-0.15, -0.1) is 0 Å². The molecule has 3 atom stereocenters. The molecule has 20 heavy (non-hydrogen) atoms.